The summed E-state index contributed by atoms with van der Waals surface area (Å²) >= 11 is 0. The highest BCUT2D eigenvalue weighted by Gasteiger charge is 2.09. The van der Waals surface area contributed by atoms with Gasteiger partial charge in [-0.15, -0.1) is 0 Å². The minimum atomic E-state index is -0.802. The Morgan fingerprint density at radius 1 is 1.44 bits per heavy atom. The molecule has 0 spiro atoms. The Labute approximate surface area is 91.6 Å². The van der Waals surface area contributed by atoms with E-state index < -0.39 is 17.8 Å². The van der Waals surface area contributed by atoms with Gasteiger partial charge in [0.25, 0.3) is 0 Å². The average molecular weight is 225 g/mol. The monoisotopic (exact) mass is 225 g/mol. The molecule has 3 amide bonds. The molecule has 5 nitrogen and oxygen atoms in total. The van der Waals surface area contributed by atoms with Crippen molar-refractivity contribution in [2.75, 3.05) is 12.4 Å². The summed E-state index contributed by atoms with van der Waals surface area (Å²) in [7, 11) is 1.38. The summed E-state index contributed by atoms with van der Waals surface area (Å²) in [6, 6.07) is 2.82. The first-order valence-corrected chi connectivity index (χ1v) is 4.30. The van der Waals surface area contributed by atoms with Crippen LogP contribution in [0.2, 0.25) is 0 Å². The van der Waals surface area contributed by atoms with Gasteiger partial charge in [-0.3, -0.25) is 10.1 Å². The molecule has 0 aliphatic carbocycles. The number of urea groups is 1. The topological polar surface area (TPSA) is 67.4 Å². The molecule has 0 aromatic heterocycles. The number of carbonyl (C=O) groups is 2. The van der Waals surface area contributed by atoms with Crippen LogP contribution < -0.4 is 15.4 Å². The van der Waals surface area contributed by atoms with Crippen LogP contribution >= 0.6 is 0 Å². The molecule has 2 N–H and O–H groups in total. The van der Waals surface area contributed by atoms with Gasteiger partial charge < -0.3 is 10.1 Å². The summed E-state index contributed by atoms with van der Waals surface area (Å²) in [6.45, 7) is 2.96. The number of rotatable bonds is 2. The number of anilines is 1. The fourth-order valence-electron chi connectivity index (χ4n) is 1.06. The number of benzene rings is 1. The van der Waals surface area contributed by atoms with Crippen molar-refractivity contribution in [1.82, 2.24) is 5.32 Å². The van der Waals surface area contributed by atoms with Crippen LogP contribution in [0.1, 0.15) is 0 Å². The van der Waals surface area contributed by atoms with E-state index >= 15 is 0 Å². The predicted molar refractivity (Wildman–Crippen MR) is 55.5 cm³/mol. The van der Waals surface area contributed by atoms with Gasteiger partial charge in [0, 0.05) is 13.0 Å². The lowest BCUT2D eigenvalue weighted by Gasteiger charge is -2.09. The van der Waals surface area contributed by atoms with Gasteiger partial charge in [-0.1, -0.05) is 0 Å². The van der Waals surface area contributed by atoms with Gasteiger partial charge in [0.1, 0.15) is 11.6 Å². The first kappa shape index (κ1) is 12.0. The normalized spacial score (nSPS) is 9.44. The number of ether oxygens (including phenoxy) is 1. The number of carbonyl (C=O) groups excluding carboxylic acids is 2. The molecule has 1 rings (SSSR count). The SMILES string of the molecule is [CH2]C(=O)NC(=O)Nc1cc(F)ccc1OC. The second-order valence-corrected chi connectivity index (χ2v) is 2.85. The molecule has 0 fully saturated rings. The lowest BCUT2D eigenvalue weighted by atomic mass is 10.3. The van der Waals surface area contributed by atoms with Crippen LogP contribution in [0, 0.1) is 12.7 Å². The van der Waals surface area contributed by atoms with E-state index in [1.165, 1.54) is 19.2 Å². The minimum absolute atomic E-state index is 0.126. The predicted octanol–water partition coefficient (Wildman–Crippen LogP) is 1.32. The lowest BCUT2D eigenvalue weighted by Crippen LogP contribution is -2.32. The van der Waals surface area contributed by atoms with Crippen LogP contribution in [-0.2, 0) is 4.79 Å². The van der Waals surface area contributed by atoms with E-state index in [1.54, 1.807) is 0 Å². The average Bonchev–Trinajstić information content (AvgIpc) is 2.16. The van der Waals surface area contributed by atoms with Crippen molar-refractivity contribution in [2.24, 2.45) is 0 Å². The number of hydrogen-bond donors (Lipinski definition) is 2. The van der Waals surface area contributed by atoms with Crippen molar-refractivity contribution >= 4 is 17.6 Å². The number of halogens is 1. The number of methoxy groups -OCH3 is 1. The molecular weight excluding hydrogens is 215 g/mol. The highest BCUT2D eigenvalue weighted by Crippen LogP contribution is 2.24. The number of nitrogens with one attached hydrogen (secondary N) is 2. The standard InChI is InChI=1S/C10H10FN2O3/c1-6(14)12-10(15)13-8-5-7(11)3-4-9(8)16-2/h3-5H,1H2,2H3,(H2,12,13,14,15). The maximum absolute atomic E-state index is 12.9. The van der Waals surface area contributed by atoms with Crippen molar-refractivity contribution in [3.05, 3.63) is 30.9 Å². The summed E-state index contributed by atoms with van der Waals surface area (Å²) < 4.78 is 17.8. The third-order valence-electron chi connectivity index (χ3n) is 1.66. The van der Waals surface area contributed by atoms with Crippen molar-refractivity contribution in [1.29, 1.82) is 0 Å². The van der Waals surface area contributed by atoms with E-state index in [-0.39, 0.29) is 11.4 Å². The Morgan fingerprint density at radius 3 is 2.69 bits per heavy atom. The Kier molecular flexibility index (Phi) is 3.82. The third-order valence-corrected chi connectivity index (χ3v) is 1.66. The highest BCUT2D eigenvalue weighted by atomic mass is 19.1. The van der Waals surface area contributed by atoms with E-state index in [2.05, 4.69) is 12.2 Å². The molecule has 0 heterocycles. The van der Waals surface area contributed by atoms with Crippen molar-refractivity contribution in [2.45, 2.75) is 0 Å². The molecule has 16 heavy (non-hydrogen) atoms. The molecule has 0 aliphatic rings. The fraction of sp³-hybridized carbons (Fsp3) is 0.100. The van der Waals surface area contributed by atoms with Gasteiger partial charge >= 0.3 is 6.03 Å². The molecule has 0 saturated carbocycles. The summed E-state index contributed by atoms with van der Waals surface area (Å²) in [4.78, 5) is 21.6. The van der Waals surface area contributed by atoms with Crippen LogP contribution in [-0.4, -0.2) is 19.0 Å². The molecule has 0 atom stereocenters. The van der Waals surface area contributed by atoms with E-state index in [0.29, 0.717) is 0 Å². The van der Waals surface area contributed by atoms with E-state index in [4.69, 9.17) is 4.74 Å². The maximum Gasteiger partial charge on any atom is 0.325 e. The van der Waals surface area contributed by atoms with Gasteiger partial charge in [0.15, 0.2) is 0 Å². The van der Waals surface area contributed by atoms with Gasteiger partial charge in [0.2, 0.25) is 5.91 Å². The van der Waals surface area contributed by atoms with Crippen molar-refractivity contribution in [3.8, 4) is 5.75 Å². The summed E-state index contributed by atoms with van der Waals surface area (Å²) in [6.07, 6.45) is 0. The van der Waals surface area contributed by atoms with Crippen LogP contribution in [0.25, 0.3) is 0 Å². The number of amides is 3. The maximum atomic E-state index is 12.9. The molecule has 0 aliphatic heterocycles. The number of hydrogen-bond acceptors (Lipinski definition) is 3. The van der Waals surface area contributed by atoms with Crippen LogP contribution in [0.5, 0.6) is 5.75 Å². The third kappa shape index (κ3) is 3.23. The van der Waals surface area contributed by atoms with E-state index in [9.17, 15) is 14.0 Å². The largest absolute Gasteiger partial charge is 0.495 e. The first-order valence-electron chi connectivity index (χ1n) is 4.30. The lowest BCUT2D eigenvalue weighted by molar-refractivity contribution is -0.115. The molecule has 1 aromatic rings. The quantitative estimate of drug-likeness (QED) is 0.797. The molecule has 1 aromatic carbocycles. The van der Waals surface area contributed by atoms with E-state index in [0.717, 1.165) is 6.07 Å². The molecule has 85 valence electrons. The summed E-state index contributed by atoms with van der Waals surface area (Å²) in [5.41, 5.74) is 0.126. The minimum Gasteiger partial charge on any atom is -0.495 e. The van der Waals surface area contributed by atoms with Gasteiger partial charge in [-0.25, -0.2) is 9.18 Å². The molecule has 0 unspecified atom stereocenters. The Balaban J connectivity index is 2.83. The van der Waals surface area contributed by atoms with Gasteiger partial charge in [-0.2, -0.15) is 0 Å². The zero-order chi connectivity index (χ0) is 12.1. The van der Waals surface area contributed by atoms with Crippen molar-refractivity contribution < 1.29 is 18.7 Å². The van der Waals surface area contributed by atoms with Crippen LogP contribution in [0.3, 0.4) is 0 Å². The summed E-state index contributed by atoms with van der Waals surface area (Å²) in [5, 5.41) is 4.14. The Morgan fingerprint density at radius 2 is 2.12 bits per heavy atom. The van der Waals surface area contributed by atoms with Crippen LogP contribution in [0.15, 0.2) is 18.2 Å². The number of imide groups is 1. The fourth-order valence-corrected chi connectivity index (χ4v) is 1.06. The smallest absolute Gasteiger partial charge is 0.325 e. The molecule has 1 radical (unpaired) electrons. The van der Waals surface area contributed by atoms with Crippen LogP contribution in [0.4, 0.5) is 14.9 Å². The Bertz CT molecular complexity index is 421. The zero-order valence-electron chi connectivity index (χ0n) is 8.54. The highest BCUT2D eigenvalue weighted by molar-refractivity contribution is 6.03. The molecule has 6 heteroatoms. The van der Waals surface area contributed by atoms with Crippen molar-refractivity contribution in [3.63, 3.8) is 0 Å². The Hall–Kier alpha value is -2.11. The second kappa shape index (κ2) is 5.11. The molecular formula is C10H10FN2O3. The first-order chi connectivity index (χ1) is 7.52. The molecule has 0 bridgehead atoms. The van der Waals surface area contributed by atoms with Gasteiger partial charge in [-0.05, 0) is 12.1 Å². The summed E-state index contributed by atoms with van der Waals surface area (Å²) in [5.74, 6) is -1.00. The zero-order valence-corrected chi connectivity index (χ0v) is 8.54. The second-order valence-electron chi connectivity index (χ2n) is 2.85. The molecule has 0 saturated heterocycles. The van der Waals surface area contributed by atoms with E-state index in [1.807, 2.05) is 5.32 Å². The van der Waals surface area contributed by atoms with Gasteiger partial charge in [0.05, 0.1) is 12.8 Å².